The number of rotatable bonds is 6. The minimum atomic E-state index is -0.405. The molecule has 6 heteroatoms. The maximum absolute atomic E-state index is 12.7. The van der Waals surface area contributed by atoms with Crippen molar-refractivity contribution in [2.24, 2.45) is 0 Å². The fourth-order valence-electron chi connectivity index (χ4n) is 4.14. The number of nitrogens with one attached hydrogen (secondary N) is 1. The van der Waals surface area contributed by atoms with Crippen LogP contribution in [0.15, 0.2) is 51.7 Å². The predicted octanol–water partition coefficient (Wildman–Crippen LogP) is 4.89. The maximum atomic E-state index is 12.7. The molecule has 156 valence electrons. The molecular weight excluding hydrogens is 402 g/mol. The monoisotopic (exact) mass is 425 g/mol. The first-order valence-electron chi connectivity index (χ1n) is 10.1. The van der Waals surface area contributed by atoms with Crippen LogP contribution in [0.25, 0.3) is 11.0 Å². The van der Waals surface area contributed by atoms with Gasteiger partial charge >= 0.3 is 5.63 Å². The van der Waals surface area contributed by atoms with Crippen molar-refractivity contribution >= 4 is 28.5 Å². The molecule has 0 unspecified atom stereocenters. The van der Waals surface area contributed by atoms with E-state index >= 15 is 0 Å². The Bertz CT molecular complexity index is 1150. The molecule has 0 bridgehead atoms. The predicted molar refractivity (Wildman–Crippen MR) is 117 cm³/mol. The highest BCUT2D eigenvalue weighted by atomic mass is 35.5. The van der Waals surface area contributed by atoms with Crippen molar-refractivity contribution in [2.45, 2.75) is 44.6 Å². The van der Waals surface area contributed by atoms with Crippen LogP contribution in [0.3, 0.4) is 0 Å². The molecule has 0 spiro atoms. The van der Waals surface area contributed by atoms with Crippen molar-refractivity contribution in [1.82, 2.24) is 5.32 Å². The fourth-order valence-corrected chi connectivity index (χ4v) is 4.27. The molecule has 0 atom stereocenters. The zero-order chi connectivity index (χ0) is 21.3. The zero-order valence-corrected chi connectivity index (χ0v) is 17.8. The Labute approximate surface area is 180 Å². The van der Waals surface area contributed by atoms with E-state index in [4.69, 9.17) is 20.8 Å². The summed E-state index contributed by atoms with van der Waals surface area (Å²) in [6, 6.07) is 13.0. The van der Waals surface area contributed by atoms with Crippen LogP contribution in [0.1, 0.15) is 42.4 Å². The van der Waals surface area contributed by atoms with Crippen LogP contribution in [0.2, 0.25) is 5.02 Å². The molecule has 0 saturated heterocycles. The molecule has 5 nitrogen and oxygen atoms in total. The van der Waals surface area contributed by atoms with E-state index in [1.165, 1.54) is 0 Å². The molecule has 4 rings (SSSR count). The molecule has 1 aliphatic rings. The van der Waals surface area contributed by atoms with Crippen molar-refractivity contribution in [3.8, 4) is 5.75 Å². The number of ether oxygens (including phenoxy) is 1. The van der Waals surface area contributed by atoms with E-state index in [0.29, 0.717) is 28.3 Å². The summed E-state index contributed by atoms with van der Waals surface area (Å²) < 4.78 is 10.7. The van der Waals surface area contributed by atoms with Gasteiger partial charge in [-0.1, -0.05) is 23.7 Å². The number of aryl methyl sites for hydroxylation is 1. The summed E-state index contributed by atoms with van der Waals surface area (Å²) in [4.78, 5) is 25.3. The first-order valence-corrected chi connectivity index (χ1v) is 10.5. The third-order valence-corrected chi connectivity index (χ3v) is 6.33. The fraction of sp³-hybridized carbons (Fsp3) is 0.333. The van der Waals surface area contributed by atoms with E-state index in [0.717, 1.165) is 35.8 Å². The number of hydrogen-bond donors (Lipinski definition) is 1. The number of amides is 1. The first kappa shape index (κ1) is 20.5. The molecule has 30 heavy (non-hydrogen) atoms. The van der Waals surface area contributed by atoms with Crippen molar-refractivity contribution < 1.29 is 13.9 Å². The average Bonchev–Trinajstić information content (AvgIpc) is 2.70. The highest BCUT2D eigenvalue weighted by Crippen LogP contribution is 2.41. The molecule has 1 aliphatic carbocycles. The average molecular weight is 426 g/mol. The molecule has 3 aromatic rings. The van der Waals surface area contributed by atoms with Crippen LogP contribution in [-0.4, -0.2) is 13.0 Å². The number of methoxy groups -OCH3 is 1. The van der Waals surface area contributed by atoms with E-state index in [-0.39, 0.29) is 17.9 Å². The Kier molecular flexibility index (Phi) is 5.56. The van der Waals surface area contributed by atoms with Gasteiger partial charge in [0.05, 0.1) is 12.6 Å². The van der Waals surface area contributed by atoms with Gasteiger partial charge < -0.3 is 14.5 Å². The molecule has 0 radical (unpaired) electrons. The minimum Gasteiger partial charge on any atom is -0.497 e. The second-order valence-electron chi connectivity index (χ2n) is 7.85. The Balaban J connectivity index is 1.50. The van der Waals surface area contributed by atoms with Gasteiger partial charge in [0.25, 0.3) is 0 Å². The van der Waals surface area contributed by atoms with Gasteiger partial charge in [0.1, 0.15) is 11.3 Å². The van der Waals surface area contributed by atoms with Gasteiger partial charge in [-0.3, -0.25) is 4.79 Å². The lowest BCUT2D eigenvalue weighted by molar-refractivity contribution is -0.124. The third-order valence-electron chi connectivity index (χ3n) is 6.08. The highest BCUT2D eigenvalue weighted by molar-refractivity contribution is 6.30. The number of fused-ring (bicyclic) bond motifs is 1. The maximum Gasteiger partial charge on any atom is 0.339 e. The molecule has 1 fully saturated rings. The van der Waals surface area contributed by atoms with Crippen LogP contribution >= 0.6 is 11.6 Å². The summed E-state index contributed by atoms with van der Waals surface area (Å²) >= 11 is 6.00. The molecule has 2 aromatic carbocycles. The summed E-state index contributed by atoms with van der Waals surface area (Å²) in [5, 5.41) is 4.72. The van der Waals surface area contributed by atoms with Gasteiger partial charge in [0.15, 0.2) is 0 Å². The second-order valence-corrected chi connectivity index (χ2v) is 8.28. The van der Waals surface area contributed by atoms with Crippen LogP contribution in [-0.2, 0) is 16.8 Å². The second kappa shape index (κ2) is 8.15. The summed E-state index contributed by atoms with van der Waals surface area (Å²) in [7, 11) is 1.57. The van der Waals surface area contributed by atoms with Crippen molar-refractivity contribution in [1.29, 1.82) is 0 Å². The Morgan fingerprint density at radius 1 is 1.20 bits per heavy atom. The lowest BCUT2D eigenvalue weighted by Gasteiger charge is -2.43. The normalized spacial score (nSPS) is 14.9. The van der Waals surface area contributed by atoms with Crippen molar-refractivity contribution in [2.75, 3.05) is 7.11 Å². The molecular formula is C24H24ClNO4. The molecule has 1 heterocycles. The number of hydrogen-bond acceptors (Lipinski definition) is 4. The summed E-state index contributed by atoms with van der Waals surface area (Å²) in [6.45, 7) is 1.89. The topological polar surface area (TPSA) is 68.5 Å². The molecule has 1 saturated carbocycles. The molecule has 0 aliphatic heterocycles. The lowest BCUT2D eigenvalue weighted by Crippen LogP contribution is -2.50. The van der Waals surface area contributed by atoms with Gasteiger partial charge in [-0.15, -0.1) is 0 Å². The summed E-state index contributed by atoms with van der Waals surface area (Å²) in [6.07, 6.45) is 3.43. The first-order chi connectivity index (χ1) is 14.4. The minimum absolute atomic E-state index is 0.0710. The van der Waals surface area contributed by atoms with E-state index in [1.54, 1.807) is 13.2 Å². The van der Waals surface area contributed by atoms with Gasteiger partial charge in [0, 0.05) is 28.5 Å². The van der Waals surface area contributed by atoms with Crippen LogP contribution in [0.4, 0.5) is 0 Å². The van der Waals surface area contributed by atoms with Crippen molar-refractivity contribution in [3.63, 3.8) is 0 Å². The highest BCUT2D eigenvalue weighted by Gasteiger charge is 2.39. The SMILES string of the molecule is COc1ccc2c(C)c(CCC(=O)NC3(c4ccc(Cl)cc4)CCC3)c(=O)oc2c1. The van der Waals surface area contributed by atoms with E-state index in [1.807, 2.05) is 43.3 Å². The van der Waals surface area contributed by atoms with Gasteiger partial charge in [0.2, 0.25) is 5.91 Å². The summed E-state index contributed by atoms with van der Waals surface area (Å²) in [5.74, 6) is 0.559. The molecule has 1 N–H and O–H groups in total. The standard InChI is InChI=1S/C24H24ClNO4/c1-15-19-9-8-18(29-2)14-21(19)30-23(28)20(15)10-11-22(27)26-24(12-3-13-24)16-4-6-17(25)7-5-16/h4-9,14H,3,10-13H2,1-2H3,(H,26,27). The molecule has 1 amide bonds. The van der Waals surface area contributed by atoms with Crippen LogP contribution in [0.5, 0.6) is 5.75 Å². The number of halogens is 1. The third kappa shape index (κ3) is 3.82. The van der Waals surface area contributed by atoms with E-state index < -0.39 is 5.63 Å². The van der Waals surface area contributed by atoms with Crippen LogP contribution in [0, 0.1) is 6.92 Å². The van der Waals surface area contributed by atoms with Gasteiger partial charge in [-0.2, -0.15) is 0 Å². The smallest absolute Gasteiger partial charge is 0.339 e. The Morgan fingerprint density at radius 2 is 1.93 bits per heavy atom. The largest absolute Gasteiger partial charge is 0.497 e. The number of carbonyl (C=O) groups is 1. The lowest BCUT2D eigenvalue weighted by atomic mass is 9.71. The zero-order valence-electron chi connectivity index (χ0n) is 17.1. The number of benzene rings is 2. The van der Waals surface area contributed by atoms with Crippen LogP contribution < -0.4 is 15.7 Å². The Hall–Kier alpha value is -2.79. The number of carbonyl (C=O) groups excluding carboxylic acids is 1. The van der Waals surface area contributed by atoms with Crippen molar-refractivity contribution in [3.05, 3.63) is 74.6 Å². The Morgan fingerprint density at radius 3 is 2.57 bits per heavy atom. The van der Waals surface area contributed by atoms with Gasteiger partial charge in [-0.25, -0.2) is 4.79 Å². The van der Waals surface area contributed by atoms with E-state index in [9.17, 15) is 9.59 Å². The molecule has 1 aromatic heterocycles. The quantitative estimate of drug-likeness (QED) is 0.571. The van der Waals surface area contributed by atoms with Gasteiger partial charge in [-0.05, 0) is 68.0 Å². The van der Waals surface area contributed by atoms with E-state index in [2.05, 4.69) is 5.32 Å². The summed E-state index contributed by atoms with van der Waals surface area (Å²) in [5.41, 5.74) is 2.20.